The molecule has 0 saturated heterocycles. The number of carbonyl (C=O) groups excluding carboxylic acids is 1. The van der Waals surface area contributed by atoms with Crippen LogP contribution in [0, 0.1) is 0 Å². The van der Waals surface area contributed by atoms with Crippen molar-refractivity contribution in [3.8, 4) is 0 Å². The van der Waals surface area contributed by atoms with E-state index in [-0.39, 0.29) is 5.97 Å². The van der Waals surface area contributed by atoms with Crippen LogP contribution in [0.5, 0.6) is 0 Å². The first kappa shape index (κ1) is 21.0. The summed E-state index contributed by atoms with van der Waals surface area (Å²) in [6.45, 7) is 5.46. The van der Waals surface area contributed by atoms with Crippen LogP contribution in [0.1, 0.15) is 82.0 Å². The van der Waals surface area contributed by atoms with Crippen LogP contribution in [0.25, 0.3) is 0 Å². The number of hydrogen-bond acceptors (Lipinski definition) is 3. The van der Waals surface area contributed by atoms with Crippen molar-refractivity contribution < 1.29 is 9.53 Å². The van der Waals surface area contributed by atoms with E-state index in [1.165, 1.54) is 57.8 Å². The molecule has 1 aromatic carbocycles. The minimum atomic E-state index is -0.260. The molecule has 4 heteroatoms. The molecule has 0 atom stereocenters. The highest BCUT2D eigenvalue weighted by molar-refractivity contribution is 9.10. The Bertz CT molecular complexity index is 447. The molecule has 0 N–H and O–H groups in total. The van der Waals surface area contributed by atoms with Gasteiger partial charge in [0, 0.05) is 28.4 Å². The van der Waals surface area contributed by atoms with Crippen molar-refractivity contribution in [1.29, 1.82) is 0 Å². The van der Waals surface area contributed by atoms with Gasteiger partial charge in [0.05, 0.1) is 12.2 Å². The number of esters is 1. The summed E-state index contributed by atoms with van der Waals surface area (Å²) < 4.78 is 7.07. The molecule has 1 rings (SSSR count). The van der Waals surface area contributed by atoms with Crippen molar-refractivity contribution in [2.45, 2.75) is 71.6 Å². The smallest absolute Gasteiger partial charge is 0.338 e. The molecule has 0 unspecified atom stereocenters. The maximum absolute atomic E-state index is 11.6. The highest BCUT2D eigenvalue weighted by atomic mass is 79.9. The number of hydrogen-bond donors (Lipinski definition) is 0. The quantitative estimate of drug-likeness (QED) is 0.215. The van der Waals surface area contributed by atoms with Gasteiger partial charge in [0.15, 0.2) is 0 Å². The monoisotopic (exact) mass is 397 g/mol. The van der Waals surface area contributed by atoms with Gasteiger partial charge in [-0.15, -0.1) is 0 Å². The molecule has 1 aromatic rings. The standard InChI is InChI=1S/C20H32BrNO2/c1-3-5-6-7-8-9-10-11-12-17-22(21)19-15-13-18(14-16-19)20(23)24-4-2/h13-16H,3-12,17H2,1-2H3. The second kappa shape index (κ2) is 13.3. The van der Waals surface area contributed by atoms with Crippen LogP contribution < -0.4 is 3.93 Å². The topological polar surface area (TPSA) is 29.5 Å². The van der Waals surface area contributed by atoms with Crippen LogP contribution in [0.4, 0.5) is 5.69 Å². The highest BCUT2D eigenvalue weighted by Gasteiger charge is 2.08. The number of unbranched alkanes of at least 4 members (excludes halogenated alkanes) is 8. The van der Waals surface area contributed by atoms with Gasteiger partial charge in [-0.05, 0) is 37.6 Å². The maximum Gasteiger partial charge on any atom is 0.338 e. The average molecular weight is 398 g/mol. The Morgan fingerprint density at radius 3 is 2.00 bits per heavy atom. The molecule has 3 nitrogen and oxygen atoms in total. The van der Waals surface area contributed by atoms with Crippen LogP contribution in [-0.4, -0.2) is 19.1 Å². The van der Waals surface area contributed by atoms with E-state index in [0.717, 1.165) is 12.2 Å². The summed E-state index contributed by atoms with van der Waals surface area (Å²) in [7, 11) is 0. The summed E-state index contributed by atoms with van der Waals surface area (Å²) in [6, 6.07) is 7.54. The molecule has 136 valence electrons. The molecule has 0 saturated carbocycles. The van der Waals surface area contributed by atoms with Crippen molar-refractivity contribution in [3.05, 3.63) is 29.8 Å². The molecular weight excluding hydrogens is 366 g/mol. The third-order valence-corrected chi connectivity index (χ3v) is 4.88. The molecule has 0 aliphatic carbocycles. The average Bonchev–Trinajstić information content (AvgIpc) is 2.60. The minimum absolute atomic E-state index is 0.260. The zero-order valence-corrected chi connectivity index (χ0v) is 16.8. The summed E-state index contributed by atoms with van der Waals surface area (Å²) in [5.74, 6) is -0.260. The second-order valence-electron chi connectivity index (χ2n) is 6.18. The van der Waals surface area contributed by atoms with E-state index in [9.17, 15) is 4.79 Å². The fraction of sp³-hybridized carbons (Fsp3) is 0.650. The Morgan fingerprint density at radius 2 is 1.46 bits per heavy atom. The zero-order chi connectivity index (χ0) is 17.6. The first-order valence-electron chi connectivity index (χ1n) is 9.39. The normalized spacial score (nSPS) is 10.6. The van der Waals surface area contributed by atoms with Gasteiger partial charge < -0.3 is 8.66 Å². The molecule has 24 heavy (non-hydrogen) atoms. The Labute approximate surface area is 156 Å². The van der Waals surface area contributed by atoms with Gasteiger partial charge in [0.2, 0.25) is 0 Å². The van der Waals surface area contributed by atoms with Crippen molar-refractivity contribution in [3.63, 3.8) is 0 Å². The van der Waals surface area contributed by atoms with E-state index in [1.807, 2.05) is 31.2 Å². The number of ether oxygens (including phenoxy) is 1. The molecule has 0 radical (unpaired) electrons. The van der Waals surface area contributed by atoms with Crippen LogP contribution in [0.2, 0.25) is 0 Å². The van der Waals surface area contributed by atoms with Crippen LogP contribution in [0.3, 0.4) is 0 Å². The highest BCUT2D eigenvalue weighted by Crippen LogP contribution is 2.20. The maximum atomic E-state index is 11.6. The Balaban J connectivity index is 2.16. The summed E-state index contributed by atoms with van der Waals surface area (Å²) in [6.07, 6.45) is 12.0. The summed E-state index contributed by atoms with van der Waals surface area (Å²) >= 11 is 3.61. The lowest BCUT2D eigenvalue weighted by Gasteiger charge is -2.16. The van der Waals surface area contributed by atoms with Gasteiger partial charge in [-0.1, -0.05) is 58.3 Å². The zero-order valence-electron chi connectivity index (χ0n) is 15.2. The lowest BCUT2D eigenvalue weighted by Crippen LogP contribution is -2.11. The molecule has 0 aliphatic heterocycles. The van der Waals surface area contributed by atoms with Gasteiger partial charge >= 0.3 is 5.97 Å². The molecule has 0 bridgehead atoms. The Morgan fingerprint density at radius 1 is 0.917 bits per heavy atom. The SMILES string of the molecule is CCCCCCCCCCCN(Br)c1ccc(C(=O)OCC)cc1. The number of rotatable bonds is 13. The van der Waals surface area contributed by atoms with E-state index in [4.69, 9.17) is 4.74 Å². The number of nitrogens with zero attached hydrogens (tertiary/aromatic N) is 1. The van der Waals surface area contributed by atoms with Crippen LogP contribution in [0.15, 0.2) is 24.3 Å². The molecule has 0 spiro atoms. The van der Waals surface area contributed by atoms with Gasteiger partial charge in [-0.3, -0.25) is 0 Å². The Kier molecular flexibility index (Phi) is 11.6. The van der Waals surface area contributed by atoms with Crippen molar-refractivity contribution >= 4 is 27.8 Å². The molecule has 0 fully saturated rings. The van der Waals surface area contributed by atoms with Crippen LogP contribution >= 0.6 is 16.1 Å². The largest absolute Gasteiger partial charge is 0.462 e. The van der Waals surface area contributed by atoms with Gasteiger partial charge in [0.25, 0.3) is 0 Å². The molecular formula is C20H32BrNO2. The van der Waals surface area contributed by atoms with E-state index in [2.05, 4.69) is 27.0 Å². The number of halogens is 1. The van der Waals surface area contributed by atoms with Gasteiger partial charge in [-0.2, -0.15) is 0 Å². The number of carbonyl (C=O) groups is 1. The van der Waals surface area contributed by atoms with E-state index >= 15 is 0 Å². The molecule has 0 heterocycles. The van der Waals surface area contributed by atoms with Crippen molar-refractivity contribution in [2.24, 2.45) is 0 Å². The first-order chi connectivity index (χ1) is 11.7. The van der Waals surface area contributed by atoms with Crippen molar-refractivity contribution in [2.75, 3.05) is 17.1 Å². The van der Waals surface area contributed by atoms with Gasteiger partial charge in [-0.25, -0.2) is 4.79 Å². The minimum Gasteiger partial charge on any atom is -0.462 e. The summed E-state index contributed by atoms with van der Waals surface area (Å²) in [5, 5.41) is 0. The Hall–Kier alpha value is -1.03. The fourth-order valence-electron chi connectivity index (χ4n) is 2.66. The molecule has 0 amide bonds. The lowest BCUT2D eigenvalue weighted by atomic mass is 10.1. The number of anilines is 1. The third-order valence-electron chi connectivity index (χ3n) is 4.12. The van der Waals surface area contributed by atoms with E-state index in [0.29, 0.717) is 12.2 Å². The summed E-state index contributed by atoms with van der Waals surface area (Å²) in [5.41, 5.74) is 1.67. The third kappa shape index (κ3) is 8.72. The lowest BCUT2D eigenvalue weighted by molar-refractivity contribution is 0.0526. The fourth-order valence-corrected chi connectivity index (χ4v) is 3.15. The second-order valence-corrected chi connectivity index (χ2v) is 7.04. The predicted molar refractivity (Wildman–Crippen MR) is 106 cm³/mol. The van der Waals surface area contributed by atoms with E-state index in [1.54, 1.807) is 0 Å². The predicted octanol–water partition coefficient (Wildman–Crippen LogP) is 6.51. The number of benzene rings is 1. The summed E-state index contributed by atoms with van der Waals surface area (Å²) in [4.78, 5) is 11.6. The molecule has 0 aromatic heterocycles. The van der Waals surface area contributed by atoms with Crippen molar-refractivity contribution in [1.82, 2.24) is 0 Å². The first-order valence-corrected chi connectivity index (χ1v) is 10.1. The molecule has 0 aliphatic rings. The van der Waals surface area contributed by atoms with E-state index < -0.39 is 0 Å². The van der Waals surface area contributed by atoms with Gasteiger partial charge in [0.1, 0.15) is 0 Å². The van der Waals surface area contributed by atoms with Crippen LogP contribution in [-0.2, 0) is 4.74 Å².